The highest BCUT2D eigenvalue weighted by Gasteiger charge is 1.96. The Morgan fingerprint density at radius 1 is 1.50 bits per heavy atom. The molecule has 0 aliphatic carbocycles. The van der Waals surface area contributed by atoms with Crippen LogP contribution in [-0.2, 0) is 11.3 Å². The molecule has 0 radical (unpaired) electrons. The topological polar surface area (TPSA) is 59.0 Å². The van der Waals surface area contributed by atoms with E-state index in [-0.39, 0.29) is 5.91 Å². The second-order valence-corrected chi connectivity index (χ2v) is 2.94. The first-order valence-corrected chi connectivity index (χ1v) is 4.71. The molecular formula is C9H16N4O. The molecule has 14 heavy (non-hydrogen) atoms. The van der Waals surface area contributed by atoms with Crippen LogP contribution in [0.1, 0.15) is 6.42 Å². The predicted molar refractivity (Wildman–Crippen MR) is 53.8 cm³/mol. The lowest BCUT2D eigenvalue weighted by molar-refractivity contribution is -0.120. The highest BCUT2D eigenvalue weighted by molar-refractivity contribution is 5.75. The molecule has 78 valence electrons. The van der Waals surface area contributed by atoms with Gasteiger partial charge in [0.1, 0.15) is 0 Å². The van der Waals surface area contributed by atoms with Gasteiger partial charge in [0.05, 0.1) is 6.54 Å². The van der Waals surface area contributed by atoms with Crippen molar-refractivity contribution in [2.75, 3.05) is 20.1 Å². The van der Waals surface area contributed by atoms with Gasteiger partial charge in [0.15, 0.2) is 0 Å². The molecule has 0 unspecified atom stereocenters. The molecule has 0 fully saturated rings. The summed E-state index contributed by atoms with van der Waals surface area (Å²) in [5.74, 6) is 0.0663. The quantitative estimate of drug-likeness (QED) is 0.609. The van der Waals surface area contributed by atoms with Crippen molar-refractivity contribution in [1.29, 1.82) is 0 Å². The van der Waals surface area contributed by atoms with Crippen LogP contribution in [-0.4, -0.2) is 35.8 Å². The monoisotopic (exact) mass is 196 g/mol. The molecule has 0 bridgehead atoms. The Morgan fingerprint density at radius 3 is 3.00 bits per heavy atom. The summed E-state index contributed by atoms with van der Waals surface area (Å²) in [6.07, 6.45) is 4.20. The second-order valence-electron chi connectivity index (χ2n) is 2.94. The summed E-state index contributed by atoms with van der Waals surface area (Å²) in [4.78, 5) is 10.8. The lowest BCUT2D eigenvalue weighted by Crippen LogP contribution is -2.26. The number of hydrogen-bond donors (Lipinski definition) is 2. The summed E-state index contributed by atoms with van der Waals surface area (Å²) in [5.41, 5.74) is 0. The minimum absolute atomic E-state index is 0.0663. The maximum atomic E-state index is 10.8. The average Bonchev–Trinajstić information content (AvgIpc) is 2.69. The van der Waals surface area contributed by atoms with E-state index in [1.807, 2.05) is 16.9 Å². The molecule has 5 heteroatoms. The van der Waals surface area contributed by atoms with E-state index in [9.17, 15) is 4.79 Å². The first-order chi connectivity index (χ1) is 6.83. The Labute approximate surface area is 83.5 Å². The standard InChI is InChI=1S/C9H16N4O/c1-10-9(14)3-5-11-6-8-13-7-2-4-12-13/h2,4,7,11H,3,5-6,8H2,1H3,(H,10,14). The van der Waals surface area contributed by atoms with E-state index in [2.05, 4.69) is 15.7 Å². The SMILES string of the molecule is CNC(=O)CCNCCn1cccn1. The first-order valence-electron chi connectivity index (χ1n) is 4.71. The van der Waals surface area contributed by atoms with Gasteiger partial charge in [-0.25, -0.2) is 0 Å². The van der Waals surface area contributed by atoms with Gasteiger partial charge >= 0.3 is 0 Å². The second kappa shape index (κ2) is 6.15. The lowest BCUT2D eigenvalue weighted by Gasteiger charge is -2.04. The van der Waals surface area contributed by atoms with Crippen LogP contribution < -0.4 is 10.6 Å². The van der Waals surface area contributed by atoms with Gasteiger partial charge in [0.25, 0.3) is 0 Å². The Hall–Kier alpha value is -1.36. The Bertz CT molecular complexity index is 258. The number of rotatable bonds is 6. The molecule has 2 N–H and O–H groups in total. The maximum absolute atomic E-state index is 10.8. The third-order valence-corrected chi connectivity index (χ3v) is 1.88. The van der Waals surface area contributed by atoms with Gasteiger partial charge in [-0.1, -0.05) is 0 Å². The van der Waals surface area contributed by atoms with Crippen molar-refractivity contribution in [1.82, 2.24) is 20.4 Å². The molecule has 0 spiro atoms. The van der Waals surface area contributed by atoms with Gasteiger partial charge in [0, 0.05) is 39.0 Å². The molecule has 1 aromatic heterocycles. The van der Waals surface area contributed by atoms with Crippen LogP contribution in [0, 0.1) is 0 Å². The molecule has 0 aliphatic heterocycles. The summed E-state index contributed by atoms with van der Waals surface area (Å²) < 4.78 is 1.85. The number of carbonyl (C=O) groups excluding carboxylic acids is 1. The molecule has 1 aromatic rings. The Balaban J connectivity index is 1.97. The van der Waals surface area contributed by atoms with Crippen LogP contribution in [0.3, 0.4) is 0 Å². The fourth-order valence-electron chi connectivity index (χ4n) is 1.08. The molecular weight excluding hydrogens is 180 g/mol. The Morgan fingerprint density at radius 2 is 2.36 bits per heavy atom. The van der Waals surface area contributed by atoms with Gasteiger partial charge in [-0.05, 0) is 6.07 Å². The molecule has 5 nitrogen and oxygen atoms in total. The molecule has 0 aliphatic rings. The fraction of sp³-hybridized carbons (Fsp3) is 0.556. The first kappa shape index (κ1) is 10.7. The number of carbonyl (C=O) groups is 1. The number of nitrogens with zero attached hydrogens (tertiary/aromatic N) is 2. The molecule has 0 saturated carbocycles. The smallest absolute Gasteiger partial charge is 0.221 e. The van der Waals surface area contributed by atoms with Crippen LogP contribution in [0.15, 0.2) is 18.5 Å². The summed E-state index contributed by atoms with van der Waals surface area (Å²) in [6.45, 7) is 2.38. The average molecular weight is 196 g/mol. The normalized spacial score (nSPS) is 10.1. The van der Waals surface area contributed by atoms with E-state index in [0.717, 1.165) is 13.1 Å². The largest absolute Gasteiger partial charge is 0.359 e. The van der Waals surface area contributed by atoms with Crippen molar-refractivity contribution in [3.05, 3.63) is 18.5 Å². The van der Waals surface area contributed by atoms with Gasteiger partial charge in [-0.2, -0.15) is 5.10 Å². The van der Waals surface area contributed by atoms with Crippen LogP contribution in [0.5, 0.6) is 0 Å². The fourth-order valence-corrected chi connectivity index (χ4v) is 1.08. The maximum Gasteiger partial charge on any atom is 0.221 e. The number of aromatic nitrogens is 2. The highest BCUT2D eigenvalue weighted by atomic mass is 16.1. The molecule has 1 rings (SSSR count). The zero-order valence-electron chi connectivity index (χ0n) is 8.36. The molecule has 0 saturated heterocycles. The van der Waals surface area contributed by atoms with Crippen molar-refractivity contribution in [3.63, 3.8) is 0 Å². The van der Waals surface area contributed by atoms with Crippen LogP contribution >= 0.6 is 0 Å². The molecule has 0 aromatic carbocycles. The van der Waals surface area contributed by atoms with Gasteiger partial charge in [-0.15, -0.1) is 0 Å². The molecule has 1 amide bonds. The predicted octanol–water partition coefficient (Wildman–Crippen LogP) is -0.391. The summed E-state index contributed by atoms with van der Waals surface area (Å²) >= 11 is 0. The van der Waals surface area contributed by atoms with Gasteiger partial charge in [0.2, 0.25) is 5.91 Å². The minimum Gasteiger partial charge on any atom is -0.359 e. The van der Waals surface area contributed by atoms with E-state index < -0.39 is 0 Å². The lowest BCUT2D eigenvalue weighted by atomic mass is 10.4. The van der Waals surface area contributed by atoms with Crippen LogP contribution in [0.2, 0.25) is 0 Å². The Kier molecular flexibility index (Phi) is 4.71. The van der Waals surface area contributed by atoms with Crippen molar-refractivity contribution >= 4 is 5.91 Å². The van der Waals surface area contributed by atoms with E-state index in [1.54, 1.807) is 13.2 Å². The van der Waals surface area contributed by atoms with E-state index >= 15 is 0 Å². The molecule has 1 heterocycles. The molecule has 0 atom stereocenters. The third kappa shape index (κ3) is 4.04. The van der Waals surface area contributed by atoms with Crippen molar-refractivity contribution in [2.24, 2.45) is 0 Å². The van der Waals surface area contributed by atoms with E-state index in [1.165, 1.54) is 0 Å². The van der Waals surface area contributed by atoms with Crippen LogP contribution in [0.25, 0.3) is 0 Å². The van der Waals surface area contributed by atoms with E-state index in [0.29, 0.717) is 13.0 Å². The van der Waals surface area contributed by atoms with Crippen molar-refractivity contribution < 1.29 is 4.79 Å². The van der Waals surface area contributed by atoms with Gasteiger partial charge in [-0.3, -0.25) is 9.48 Å². The number of nitrogens with one attached hydrogen (secondary N) is 2. The van der Waals surface area contributed by atoms with Crippen LogP contribution in [0.4, 0.5) is 0 Å². The third-order valence-electron chi connectivity index (χ3n) is 1.88. The number of hydrogen-bond acceptors (Lipinski definition) is 3. The minimum atomic E-state index is 0.0663. The summed E-state index contributed by atoms with van der Waals surface area (Å²) in [6, 6.07) is 1.89. The van der Waals surface area contributed by atoms with Crippen molar-refractivity contribution in [2.45, 2.75) is 13.0 Å². The highest BCUT2D eigenvalue weighted by Crippen LogP contribution is 1.82. The van der Waals surface area contributed by atoms with Gasteiger partial charge < -0.3 is 10.6 Å². The zero-order chi connectivity index (χ0) is 10.2. The van der Waals surface area contributed by atoms with Crippen molar-refractivity contribution in [3.8, 4) is 0 Å². The zero-order valence-corrected chi connectivity index (χ0v) is 8.36. The number of amides is 1. The van der Waals surface area contributed by atoms with E-state index in [4.69, 9.17) is 0 Å². The summed E-state index contributed by atoms with van der Waals surface area (Å²) in [7, 11) is 1.64. The summed E-state index contributed by atoms with van der Waals surface area (Å²) in [5, 5.41) is 9.80.